The second-order valence-electron chi connectivity index (χ2n) is 2.94. The Labute approximate surface area is 83.7 Å². The van der Waals surface area contributed by atoms with Crippen molar-refractivity contribution >= 4 is 6.21 Å². The number of hydrogen-bond acceptors (Lipinski definition) is 5. The van der Waals surface area contributed by atoms with Crippen LogP contribution in [0.2, 0.25) is 0 Å². The molecule has 1 heterocycles. The second kappa shape index (κ2) is 5.29. The average molecular weight is 196 g/mol. The molecule has 1 saturated heterocycles. The first kappa shape index (κ1) is 10.6. The molecular formula is C9H16N4O. The van der Waals surface area contributed by atoms with Crippen LogP contribution in [0.3, 0.4) is 0 Å². The highest BCUT2D eigenvalue weighted by Gasteiger charge is 2.10. The lowest BCUT2D eigenvalue weighted by molar-refractivity contribution is 0.0534. The maximum absolute atomic E-state index is 5.45. The van der Waals surface area contributed by atoms with E-state index in [0.29, 0.717) is 11.5 Å². The van der Waals surface area contributed by atoms with Crippen molar-refractivity contribution in [3.8, 4) is 0 Å². The lowest BCUT2D eigenvalue weighted by Gasteiger charge is -2.27. The first-order valence-corrected chi connectivity index (χ1v) is 4.47. The zero-order chi connectivity index (χ0) is 10.4. The molecule has 1 rings (SSSR count). The van der Waals surface area contributed by atoms with Gasteiger partial charge in [0.05, 0.1) is 25.1 Å². The standard InChI is InChI=1S/C9H16N4O/c1-8(12-7-9(11)6-10)13-2-4-14-5-3-13/h6-7H,1-5,10-11H2/b9-6+,12-7-. The molecule has 0 atom stereocenters. The molecule has 0 bridgehead atoms. The molecule has 78 valence electrons. The lowest BCUT2D eigenvalue weighted by atomic mass is 10.4. The Hall–Kier alpha value is -1.49. The molecule has 1 fully saturated rings. The Morgan fingerprint density at radius 1 is 1.43 bits per heavy atom. The minimum absolute atomic E-state index is 0.430. The fourth-order valence-corrected chi connectivity index (χ4v) is 1.10. The summed E-state index contributed by atoms with van der Waals surface area (Å²) in [4.78, 5) is 6.14. The van der Waals surface area contributed by atoms with E-state index in [9.17, 15) is 0 Å². The largest absolute Gasteiger partial charge is 0.403 e. The van der Waals surface area contributed by atoms with E-state index >= 15 is 0 Å². The highest BCUT2D eigenvalue weighted by molar-refractivity contribution is 5.77. The van der Waals surface area contributed by atoms with Crippen LogP contribution in [0.4, 0.5) is 0 Å². The first-order chi connectivity index (χ1) is 6.74. The maximum Gasteiger partial charge on any atom is 0.121 e. The topological polar surface area (TPSA) is 76.9 Å². The molecule has 0 saturated carbocycles. The molecule has 5 nitrogen and oxygen atoms in total. The van der Waals surface area contributed by atoms with Gasteiger partial charge in [-0.3, -0.25) is 0 Å². The van der Waals surface area contributed by atoms with Gasteiger partial charge in [0.1, 0.15) is 5.82 Å². The van der Waals surface area contributed by atoms with Crippen molar-refractivity contribution in [2.45, 2.75) is 0 Å². The number of morpholine rings is 1. The minimum atomic E-state index is 0.430. The predicted molar refractivity (Wildman–Crippen MR) is 56.5 cm³/mol. The van der Waals surface area contributed by atoms with Crippen LogP contribution in [0.5, 0.6) is 0 Å². The predicted octanol–water partition coefficient (Wildman–Crippen LogP) is -0.381. The van der Waals surface area contributed by atoms with Crippen LogP contribution in [0.15, 0.2) is 29.3 Å². The monoisotopic (exact) mass is 196 g/mol. The second-order valence-corrected chi connectivity index (χ2v) is 2.94. The fraction of sp³-hybridized carbons (Fsp3) is 0.444. The van der Waals surface area contributed by atoms with Crippen molar-refractivity contribution in [2.75, 3.05) is 26.3 Å². The van der Waals surface area contributed by atoms with Gasteiger partial charge < -0.3 is 21.1 Å². The van der Waals surface area contributed by atoms with E-state index in [1.165, 1.54) is 12.4 Å². The summed E-state index contributed by atoms with van der Waals surface area (Å²) in [5, 5.41) is 0. The third-order valence-electron chi connectivity index (χ3n) is 1.93. The van der Waals surface area contributed by atoms with E-state index in [-0.39, 0.29) is 0 Å². The molecule has 0 aromatic rings. The van der Waals surface area contributed by atoms with Gasteiger partial charge in [-0.2, -0.15) is 0 Å². The van der Waals surface area contributed by atoms with Crippen molar-refractivity contribution in [3.05, 3.63) is 24.3 Å². The van der Waals surface area contributed by atoms with Crippen LogP contribution in [-0.4, -0.2) is 37.4 Å². The summed E-state index contributed by atoms with van der Waals surface area (Å²) in [6, 6.07) is 0. The summed E-state index contributed by atoms with van der Waals surface area (Å²) in [6.07, 6.45) is 2.80. The Kier molecular flexibility index (Phi) is 4.00. The molecule has 0 aliphatic carbocycles. The number of ether oxygens (including phenoxy) is 1. The van der Waals surface area contributed by atoms with E-state index < -0.39 is 0 Å². The Morgan fingerprint density at radius 3 is 2.64 bits per heavy atom. The SMILES string of the molecule is C=C(/N=C\C(N)=C/N)N1CCOCC1. The van der Waals surface area contributed by atoms with Crippen molar-refractivity contribution in [1.82, 2.24) is 4.90 Å². The van der Waals surface area contributed by atoms with Crippen molar-refractivity contribution in [1.29, 1.82) is 0 Å². The summed E-state index contributed by atoms with van der Waals surface area (Å²) < 4.78 is 5.21. The normalized spacial score (nSPS) is 18.9. The maximum atomic E-state index is 5.45. The highest BCUT2D eigenvalue weighted by Crippen LogP contribution is 2.06. The Bertz CT molecular complexity index is 254. The Balaban J connectivity index is 2.44. The third-order valence-corrected chi connectivity index (χ3v) is 1.93. The van der Waals surface area contributed by atoms with Crippen molar-refractivity contribution < 1.29 is 4.74 Å². The summed E-state index contributed by atoms with van der Waals surface area (Å²) in [7, 11) is 0. The van der Waals surface area contributed by atoms with E-state index in [1.807, 2.05) is 4.90 Å². The number of nitrogens with zero attached hydrogens (tertiary/aromatic N) is 2. The Morgan fingerprint density at radius 2 is 2.07 bits per heavy atom. The van der Waals surface area contributed by atoms with Gasteiger partial charge in [0.15, 0.2) is 0 Å². The van der Waals surface area contributed by atoms with E-state index in [1.54, 1.807) is 0 Å². The van der Waals surface area contributed by atoms with Gasteiger partial charge in [0.25, 0.3) is 0 Å². The third kappa shape index (κ3) is 3.10. The number of aliphatic imine (C=N–C) groups is 1. The molecule has 0 amide bonds. The molecule has 0 aromatic carbocycles. The molecule has 14 heavy (non-hydrogen) atoms. The van der Waals surface area contributed by atoms with Crippen LogP contribution in [0.25, 0.3) is 0 Å². The number of rotatable bonds is 3. The summed E-state index contributed by atoms with van der Waals surface area (Å²) >= 11 is 0. The van der Waals surface area contributed by atoms with E-state index in [0.717, 1.165) is 26.3 Å². The number of hydrogen-bond donors (Lipinski definition) is 2. The van der Waals surface area contributed by atoms with Crippen molar-refractivity contribution in [3.63, 3.8) is 0 Å². The van der Waals surface area contributed by atoms with Gasteiger partial charge in [-0.25, -0.2) is 4.99 Å². The van der Waals surface area contributed by atoms with Crippen LogP contribution >= 0.6 is 0 Å². The van der Waals surface area contributed by atoms with Crippen LogP contribution in [0, 0.1) is 0 Å². The molecule has 0 aromatic heterocycles. The summed E-state index contributed by atoms with van der Waals surface area (Å²) in [6.45, 7) is 6.92. The molecule has 1 aliphatic rings. The molecule has 5 heteroatoms. The molecule has 0 unspecified atom stereocenters. The molecule has 4 N–H and O–H groups in total. The van der Waals surface area contributed by atoms with Crippen molar-refractivity contribution in [2.24, 2.45) is 16.5 Å². The average Bonchev–Trinajstić information content (AvgIpc) is 2.26. The van der Waals surface area contributed by atoms with Crippen LogP contribution in [0.1, 0.15) is 0 Å². The van der Waals surface area contributed by atoms with Gasteiger partial charge in [-0.15, -0.1) is 0 Å². The quantitative estimate of drug-likeness (QED) is 0.603. The zero-order valence-electron chi connectivity index (χ0n) is 8.15. The highest BCUT2D eigenvalue weighted by atomic mass is 16.5. The van der Waals surface area contributed by atoms with Gasteiger partial charge in [0, 0.05) is 19.3 Å². The summed E-state index contributed by atoms with van der Waals surface area (Å²) in [5.74, 6) is 0.693. The first-order valence-electron chi connectivity index (χ1n) is 4.47. The van der Waals surface area contributed by atoms with Crippen LogP contribution < -0.4 is 11.5 Å². The lowest BCUT2D eigenvalue weighted by Crippen LogP contribution is -2.34. The molecule has 1 aliphatic heterocycles. The van der Waals surface area contributed by atoms with E-state index in [4.69, 9.17) is 16.2 Å². The molecule has 0 spiro atoms. The van der Waals surface area contributed by atoms with Gasteiger partial charge in [0.2, 0.25) is 0 Å². The fourth-order valence-electron chi connectivity index (χ4n) is 1.10. The number of nitrogens with two attached hydrogens (primary N) is 2. The van der Waals surface area contributed by atoms with Gasteiger partial charge >= 0.3 is 0 Å². The molecular weight excluding hydrogens is 180 g/mol. The smallest absolute Gasteiger partial charge is 0.121 e. The van der Waals surface area contributed by atoms with E-state index in [2.05, 4.69) is 11.6 Å². The van der Waals surface area contributed by atoms with Gasteiger partial charge in [-0.1, -0.05) is 6.58 Å². The number of allylic oxidation sites excluding steroid dienone is 1. The minimum Gasteiger partial charge on any atom is -0.403 e. The van der Waals surface area contributed by atoms with Gasteiger partial charge in [-0.05, 0) is 0 Å². The zero-order valence-corrected chi connectivity index (χ0v) is 8.15. The van der Waals surface area contributed by atoms with Crippen LogP contribution in [-0.2, 0) is 4.74 Å². The molecule has 0 radical (unpaired) electrons. The summed E-state index contributed by atoms with van der Waals surface area (Å²) in [5.41, 5.74) is 11.1.